The number of nitrogen functional groups attached to an aromatic ring is 1. The van der Waals surface area contributed by atoms with Crippen molar-refractivity contribution in [1.82, 2.24) is 19.7 Å². The van der Waals surface area contributed by atoms with E-state index < -0.39 is 16.7 Å². The van der Waals surface area contributed by atoms with Gasteiger partial charge in [0, 0.05) is 5.69 Å². The van der Waals surface area contributed by atoms with Gasteiger partial charge >= 0.3 is 5.69 Å². The monoisotopic (exact) mass is 477 g/mol. The van der Waals surface area contributed by atoms with Crippen molar-refractivity contribution in [1.29, 1.82) is 0 Å². The zero-order chi connectivity index (χ0) is 22.5. The van der Waals surface area contributed by atoms with Gasteiger partial charge in [-0.3, -0.25) is 19.6 Å². The lowest BCUT2D eigenvalue weighted by atomic mass is 9.91. The van der Waals surface area contributed by atoms with E-state index in [2.05, 4.69) is 15.1 Å². The Morgan fingerprint density at radius 1 is 1.22 bits per heavy atom. The molecule has 1 saturated carbocycles. The minimum Gasteiger partial charge on any atom is -0.453 e. The summed E-state index contributed by atoms with van der Waals surface area (Å²) in [5, 5.41) is 3.93. The van der Waals surface area contributed by atoms with Gasteiger partial charge in [0.2, 0.25) is 5.82 Å². The predicted molar refractivity (Wildman–Crippen MR) is 122 cm³/mol. The lowest BCUT2D eigenvalue weighted by Gasteiger charge is -2.17. The third-order valence-corrected chi connectivity index (χ3v) is 5.86. The van der Waals surface area contributed by atoms with Crippen LogP contribution in [0.5, 0.6) is 11.5 Å². The fraction of sp³-hybridized carbons (Fsp3) is 0.286. The summed E-state index contributed by atoms with van der Waals surface area (Å²) in [6.45, 7) is 3.42. The number of carbonyl (C=O) groups excluding carboxylic acids is 1. The number of nitrogens with one attached hydrogen (secondary N) is 1. The van der Waals surface area contributed by atoms with Gasteiger partial charge < -0.3 is 10.5 Å². The maximum atomic E-state index is 12.1. The molecule has 3 N–H and O–H groups in total. The van der Waals surface area contributed by atoms with Crippen LogP contribution in [0, 0.1) is 6.92 Å². The van der Waals surface area contributed by atoms with E-state index in [1.54, 1.807) is 13.0 Å². The third kappa shape index (κ3) is 4.01. The average molecular weight is 478 g/mol. The number of aromatic amines is 1. The highest BCUT2D eigenvalue weighted by Gasteiger charge is 2.50. The number of pyridine rings is 1. The zero-order valence-electron chi connectivity index (χ0n) is 16.5. The first-order valence-corrected chi connectivity index (χ1v) is 10.0. The van der Waals surface area contributed by atoms with E-state index in [1.165, 1.54) is 18.3 Å². The molecule has 11 heteroatoms. The summed E-state index contributed by atoms with van der Waals surface area (Å²) >= 11 is 12.7. The molecule has 1 aromatic carbocycles. The number of ether oxygens (including phenoxy) is 1. The van der Waals surface area contributed by atoms with Crippen LogP contribution in [0.3, 0.4) is 0 Å². The van der Waals surface area contributed by atoms with Crippen molar-refractivity contribution in [3.05, 3.63) is 66.5 Å². The number of nitrogens with two attached hydrogens (primary N) is 1. The number of H-pyrrole nitrogens is 1. The largest absolute Gasteiger partial charge is 0.453 e. The molecule has 0 unspecified atom stereocenters. The predicted octanol–water partition coefficient (Wildman–Crippen LogP) is 3.56. The lowest BCUT2D eigenvalue weighted by Crippen LogP contribution is -2.33. The van der Waals surface area contributed by atoms with E-state index >= 15 is 0 Å². The van der Waals surface area contributed by atoms with Gasteiger partial charge in [0.15, 0.2) is 5.75 Å². The maximum Gasteiger partial charge on any atom is 0.349 e. The maximum absolute atomic E-state index is 12.1. The summed E-state index contributed by atoms with van der Waals surface area (Å²) in [5.41, 5.74) is 5.15. The van der Waals surface area contributed by atoms with Gasteiger partial charge in [-0.05, 0) is 50.5 Å². The Bertz CT molecular complexity index is 1320. The highest BCUT2D eigenvalue weighted by atomic mass is 35.5. The summed E-state index contributed by atoms with van der Waals surface area (Å²) in [7, 11) is 0. The summed E-state index contributed by atoms with van der Waals surface area (Å²) in [5.74, 6) is 0.216. The normalized spacial score (nSPS) is 13.9. The quantitative estimate of drug-likeness (QED) is 0.573. The second kappa shape index (κ2) is 8.40. The van der Waals surface area contributed by atoms with Gasteiger partial charge in [0.05, 0.1) is 27.3 Å². The number of halogens is 2. The first kappa shape index (κ1) is 23.5. The molecule has 32 heavy (non-hydrogen) atoms. The van der Waals surface area contributed by atoms with Crippen LogP contribution in [0.2, 0.25) is 10.0 Å². The van der Waals surface area contributed by atoms with Crippen molar-refractivity contribution in [2.24, 2.45) is 0 Å². The molecule has 2 heterocycles. The molecule has 0 aliphatic heterocycles. The zero-order valence-corrected chi connectivity index (χ0v) is 18.0. The second-order valence-corrected chi connectivity index (χ2v) is 8.15. The number of rotatable bonds is 5. The smallest absolute Gasteiger partial charge is 0.349 e. The molecule has 168 valence electrons. The van der Waals surface area contributed by atoms with Crippen molar-refractivity contribution >= 4 is 34.8 Å². The van der Waals surface area contributed by atoms with Crippen molar-refractivity contribution in [3.8, 4) is 17.2 Å². The number of nitrogens with zero attached hydrogens (tertiary/aromatic N) is 3. The molecule has 4 rings (SSSR count). The Hall–Kier alpha value is -3.17. The van der Waals surface area contributed by atoms with Crippen LogP contribution in [0.25, 0.3) is 5.69 Å². The average Bonchev–Trinajstić information content (AvgIpc) is 3.50. The van der Waals surface area contributed by atoms with Crippen LogP contribution in [0.15, 0.2) is 34.0 Å². The number of hydrogen-bond acceptors (Lipinski definition) is 7. The third-order valence-electron chi connectivity index (χ3n) is 5.30. The molecule has 0 bridgehead atoms. The van der Waals surface area contributed by atoms with Crippen molar-refractivity contribution in [2.45, 2.75) is 39.5 Å². The SMILES string of the molecule is C.CC(=O)C1(c2cc(Oc3c(Cl)cc(-n4nc(N)c(=O)[nH]c4=O)cc3Cl)cnc2C)CC1. The van der Waals surface area contributed by atoms with Gasteiger partial charge in [0.1, 0.15) is 11.5 Å². The minimum atomic E-state index is -0.800. The molecular weight excluding hydrogens is 457 g/mol. The number of benzene rings is 1. The van der Waals surface area contributed by atoms with Crippen molar-refractivity contribution < 1.29 is 9.53 Å². The van der Waals surface area contributed by atoms with Gasteiger partial charge in [-0.1, -0.05) is 30.6 Å². The Balaban J connectivity index is 0.00000289. The fourth-order valence-electron chi connectivity index (χ4n) is 3.46. The van der Waals surface area contributed by atoms with Crippen LogP contribution in [0.1, 0.15) is 38.4 Å². The highest BCUT2D eigenvalue weighted by Crippen LogP contribution is 2.50. The number of Topliss-reactive ketones (excluding diaryl/α,β-unsaturated/α-hetero) is 1. The molecular formula is C21H21Cl2N5O4. The first-order chi connectivity index (χ1) is 14.6. The molecule has 0 spiro atoms. The number of hydrogen-bond donors (Lipinski definition) is 2. The van der Waals surface area contributed by atoms with Gasteiger partial charge in [-0.15, -0.1) is 5.10 Å². The first-order valence-electron chi connectivity index (χ1n) is 9.27. The molecule has 3 aromatic rings. The van der Waals surface area contributed by atoms with Gasteiger partial charge in [-0.2, -0.15) is 4.68 Å². The van der Waals surface area contributed by atoms with Crippen molar-refractivity contribution in [2.75, 3.05) is 5.73 Å². The molecule has 0 amide bonds. The number of aromatic nitrogens is 4. The molecule has 0 saturated heterocycles. The molecule has 2 aromatic heterocycles. The molecule has 1 fully saturated rings. The second-order valence-electron chi connectivity index (χ2n) is 7.34. The molecule has 0 atom stereocenters. The topological polar surface area (TPSA) is 133 Å². The van der Waals surface area contributed by atoms with Crippen LogP contribution in [0.4, 0.5) is 5.82 Å². The van der Waals surface area contributed by atoms with Crippen LogP contribution in [-0.4, -0.2) is 25.5 Å². The number of aryl methyl sites for hydroxylation is 1. The van der Waals surface area contributed by atoms with E-state index in [9.17, 15) is 14.4 Å². The standard InChI is InChI=1S/C20H17Cl2N5O4.CH4/c1-9-13(20(3-4-20)10(2)28)7-12(8-24-9)31-16-14(21)5-11(6-15(16)22)27-19(30)25-18(29)17(23)26-27;/h5-8H,3-4H2,1-2H3,(H2,23,26)(H,25,29,30);1H4. The number of anilines is 1. The minimum absolute atomic E-state index is 0. The highest BCUT2D eigenvalue weighted by molar-refractivity contribution is 6.37. The van der Waals surface area contributed by atoms with E-state index in [4.69, 9.17) is 33.7 Å². The number of carbonyl (C=O) groups is 1. The van der Waals surface area contributed by atoms with Crippen molar-refractivity contribution in [3.63, 3.8) is 0 Å². The molecule has 1 aliphatic carbocycles. The summed E-state index contributed by atoms with van der Waals surface area (Å²) in [4.78, 5) is 42.0. The number of ketones is 1. The Morgan fingerprint density at radius 2 is 1.84 bits per heavy atom. The molecule has 0 radical (unpaired) electrons. The van der Waals surface area contributed by atoms with E-state index in [-0.39, 0.29) is 40.5 Å². The van der Waals surface area contributed by atoms with Crippen LogP contribution < -0.4 is 21.7 Å². The van der Waals surface area contributed by atoms with E-state index in [0.717, 1.165) is 28.8 Å². The summed E-state index contributed by atoms with van der Waals surface area (Å²) < 4.78 is 6.74. The Labute approximate surface area is 193 Å². The molecule has 9 nitrogen and oxygen atoms in total. The van der Waals surface area contributed by atoms with Gasteiger partial charge in [-0.25, -0.2) is 4.79 Å². The summed E-state index contributed by atoms with van der Waals surface area (Å²) in [6, 6.07) is 4.57. The van der Waals surface area contributed by atoms with Crippen LogP contribution in [-0.2, 0) is 10.2 Å². The summed E-state index contributed by atoms with van der Waals surface area (Å²) in [6.07, 6.45) is 3.06. The Kier molecular flexibility index (Phi) is 6.17. The van der Waals surface area contributed by atoms with E-state index in [0.29, 0.717) is 5.75 Å². The fourth-order valence-corrected chi connectivity index (χ4v) is 4.01. The van der Waals surface area contributed by atoms with E-state index in [1.807, 2.05) is 6.92 Å². The Morgan fingerprint density at radius 3 is 2.41 bits per heavy atom. The molecule has 1 aliphatic rings. The van der Waals surface area contributed by atoms with Gasteiger partial charge in [0.25, 0.3) is 5.56 Å². The van der Waals surface area contributed by atoms with Crippen LogP contribution >= 0.6 is 23.2 Å². The lowest BCUT2D eigenvalue weighted by molar-refractivity contribution is -0.119.